The number of anilines is 2. The summed E-state index contributed by atoms with van der Waals surface area (Å²) in [4.78, 5) is 20.5. The number of nitro groups is 1. The highest BCUT2D eigenvalue weighted by Gasteiger charge is 2.27. The molecule has 0 spiro atoms. The third kappa shape index (κ3) is 2.66. The molecule has 0 fully saturated rings. The van der Waals surface area contributed by atoms with Crippen LogP contribution in [0.4, 0.5) is 17.5 Å². The molecular formula is C11H19N5O2. The second-order valence-corrected chi connectivity index (χ2v) is 4.14. The molecule has 18 heavy (non-hydrogen) atoms. The summed E-state index contributed by atoms with van der Waals surface area (Å²) in [5.74, 6) is 0.372. The number of nitrogens with zero attached hydrogens (tertiary/aromatic N) is 4. The van der Waals surface area contributed by atoms with E-state index in [9.17, 15) is 10.1 Å². The van der Waals surface area contributed by atoms with E-state index in [-0.39, 0.29) is 17.7 Å². The first-order valence-corrected chi connectivity index (χ1v) is 5.97. The van der Waals surface area contributed by atoms with E-state index >= 15 is 0 Å². The Morgan fingerprint density at radius 3 is 2.50 bits per heavy atom. The van der Waals surface area contributed by atoms with Crippen LogP contribution in [0.3, 0.4) is 0 Å². The fourth-order valence-electron chi connectivity index (χ4n) is 1.88. The minimum atomic E-state index is -0.449. The minimum Gasteiger partial charge on any atom is -0.368 e. The number of nitrogens with two attached hydrogens (primary N) is 1. The molecule has 0 saturated heterocycles. The number of aromatic nitrogens is 2. The number of hydrogen-bond acceptors (Lipinski definition) is 6. The molecule has 2 N–H and O–H groups in total. The van der Waals surface area contributed by atoms with Gasteiger partial charge < -0.3 is 10.6 Å². The summed E-state index contributed by atoms with van der Waals surface area (Å²) in [5, 5.41) is 11.1. The number of rotatable bonds is 5. The lowest BCUT2D eigenvalue weighted by Gasteiger charge is -2.28. The van der Waals surface area contributed by atoms with Crippen LogP contribution in [0.1, 0.15) is 32.9 Å². The molecule has 1 atom stereocenters. The van der Waals surface area contributed by atoms with Gasteiger partial charge in [-0.05, 0) is 27.2 Å². The summed E-state index contributed by atoms with van der Waals surface area (Å²) >= 11 is 0. The van der Waals surface area contributed by atoms with Crippen LogP contribution in [0.25, 0.3) is 0 Å². The molecule has 1 heterocycles. The first-order chi connectivity index (χ1) is 8.42. The van der Waals surface area contributed by atoms with Crippen molar-refractivity contribution >= 4 is 17.5 Å². The highest BCUT2D eigenvalue weighted by Crippen LogP contribution is 2.30. The standard InChI is InChI=1S/C11H19N5O2/c1-5-7(3)15(6-2)10-9(16(17)18)8(4)13-11(12)14-10/h7H,5-6H2,1-4H3,(H2,12,13,14). The van der Waals surface area contributed by atoms with Gasteiger partial charge in [-0.2, -0.15) is 4.98 Å². The first-order valence-electron chi connectivity index (χ1n) is 5.97. The summed E-state index contributed by atoms with van der Waals surface area (Å²) in [7, 11) is 0. The van der Waals surface area contributed by atoms with Crippen molar-refractivity contribution in [3.05, 3.63) is 15.8 Å². The Balaban J connectivity index is 3.40. The van der Waals surface area contributed by atoms with Crippen molar-refractivity contribution in [3.8, 4) is 0 Å². The second-order valence-electron chi connectivity index (χ2n) is 4.14. The molecule has 1 unspecified atom stereocenters. The predicted molar refractivity (Wildman–Crippen MR) is 70.6 cm³/mol. The van der Waals surface area contributed by atoms with Crippen molar-refractivity contribution in [1.29, 1.82) is 0 Å². The molecule has 0 bridgehead atoms. The van der Waals surface area contributed by atoms with E-state index < -0.39 is 4.92 Å². The summed E-state index contributed by atoms with van der Waals surface area (Å²) in [6, 6.07) is 0.155. The predicted octanol–water partition coefficient (Wildman–Crippen LogP) is 1.90. The molecule has 0 amide bonds. The van der Waals surface area contributed by atoms with E-state index in [0.29, 0.717) is 18.1 Å². The number of nitrogen functional groups attached to an aromatic ring is 1. The van der Waals surface area contributed by atoms with E-state index in [4.69, 9.17) is 5.73 Å². The zero-order chi connectivity index (χ0) is 13.9. The fraction of sp³-hybridized carbons (Fsp3) is 0.636. The van der Waals surface area contributed by atoms with E-state index in [1.165, 1.54) is 0 Å². The molecule has 0 aliphatic carbocycles. The molecule has 0 radical (unpaired) electrons. The second kappa shape index (κ2) is 5.61. The van der Waals surface area contributed by atoms with E-state index in [0.717, 1.165) is 6.42 Å². The molecule has 7 heteroatoms. The van der Waals surface area contributed by atoms with Gasteiger partial charge in [-0.25, -0.2) is 4.98 Å². The Hall–Kier alpha value is -1.92. The molecule has 0 aromatic carbocycles. The lowest BCUT2D eigenvalue weighted by Crippen LogP contribution is -2.34. The van der Waals surface area contributed by atoms with Gasteiger partial charge in [-0.1, -0.05) is 6.92 Å². The Bertz CT molecular complexity index is 449. The lowest BCUT2D eigenvalue weighted by atomic mass is 10.2. The summed E-state index contributed by atoms with van der Waals surface area (Å²) in [6.45, 7) is 8.16. The van der Waals surface area contributed by atoms with Gasteiger partial charge in [0.2, 0.25) is 11.8 Å². The largest absolute Gasteiger partial charge is 0.368 e. The van der Waals surface area contributed by atoms with Gasteiger partial charge in [0.15, 0.2) is 0 Å². The fourth-order valence-corrected chi connectivity index (χ4v) is 1.88. The van der Waals surface area contributed by atoms with Crippen LogP contribution in [0.5, 0.6) is 0 Å². The maximum Gasteiger partial charge on any atom is 0.332 e. The third-order valence-corrected chi connectivity index (χ3v) is 2.98. The van der Waals surface area contributed by atoms with Crippen LogP contribution in [-0.2, 0) is 0 Å². The van der Waals surface area contributed by atoms with Gasteiger partial charge in [0.05, 0.1) is 4.92 Å². The smallest absolute Gasteiger partial charge is 0.332 e. The van der Waals surface area contributed by atoms with Gasteiger partial charge in [0.25, 0.3) is 0 Å². The molecule has 7 nitrogen and oxygen atoms in total. The number of hydrogen-bond donors (Lipinski definition) is 1. The SMILES string of the molecule is CCC(C)N(CC)c1nc(N)nc(C)c1[N+](=O)[O-]. The van der Waals surface area contributed by atoms with Crippen LogP contribution < -0.4 is 10.6 Å². The van der Waals surface area contributed by atoms with Crippen LogP contribution in [0.2, 0.25) is 0 Å². The molecule has 1 aromatic heterocycles. The highest BCUT2D eigenvalue weighted by atomic mass is 16.6. The van der Waals surface area contributed by atoms with E-state index in [1.807, 2.05) is 25.7 Å². The molecule has 0 aliphatic rings. The van der Waals surface area contributed by atoms with Crippen molar-refractivity contribution in [3.63, 3.8) is 0 Å². The van der Waals surface area contributed by atoms with Crippen molar-refractivity contribution in [2.24, 2.45) is 0 Å². The Morgan fingerprint density at radius 2 is 2.06 bits per heavy atom. The molecular weight excluding hydrogens is 234 g/mol. The minimum absolute atomic E-state index is 0.0636. The molecule has 1 aromatic rings. The van der Waals surface area contributed by atoms with Gasteiger partial charge in [-0.3, -0.25) is 10.1 Å². The summed E-state index contributed by atoms with van der Waals surface area (Å²) < 4.78 is 0. The Labute approximate surface area is 106 Å². The van der Waals surface area contributed by atoms with Crippen molar-refractivity contribution < 1.29 is 4.92 Å². The summed E-state index contributed by atoms with van der Waals surface area (Å²) in [5.41, 5.74) is 5.82. The van der Waals surface area contributed by atoms with Gasteiger partial charge in [0, 0.05) is 12.6 Å². The Morgan fingerprint density at radius 1 is 1.44 bits per heavy atom. The zero-order valence-electron chi connectivity index (χ0n) is 11.2. The van der Waals surface area contributed by atoms with Crippen molar-refractivity contribution in [2.45, 2.75) is 40.2 Å². The van der Waals surface area contributed by atoms with E-state index in [2.05, 4.69) is 9.97 Å². The van der Waals surface area contributed by atoms with E-state index in [1.54, 1.807) is 6.92 Å². The maximum absolute atomic E-state index is 11.1. The molecule has 1 rings (SSSR count). The van der Waals surface area contributed by atoms with Crippen LogP contribution >= 0.6 is 0 Å². The Kier molecular flexibility index (Phi) is 4.41. The van der Waals surface area contributed by atoms with Crippen LogP contribution in [0.15, 0.2) is 0 Å². The first kappa shape index (κ1) is 14.1. The van der Waals surface area contributed by atoms with Gasteiger partial charge in [0.1, 0.15) is 5.69 Å². The zero-order valence-corrected chi connectivity index (χ0v) is 11.2. The summed E-state index contributed by atoms with van der Waals surface area (Å²) in [6.07, 6.45) is 0.869. The van der Waals surface area contributed by atoms with Gasteiger partial charge >= 0.3 is 5.69 Å². The molecule has 100 valence electrons. The number of aryl methyl sites for hydroxylation is 1. The van der Waals surface area contributed by atoms with Crippen molar-refractivity contribution in [2.75, 3.05) is 17.2 Å². The molecule has 0 aliphatic heterocycles. The average molecular weight is 253 g/mol. The molecule has 0 saturated carbocycles. The normalized spacial score (nSPS) is 12.2. The average Bonchev–Trinajstić information content (AvgIpc) is 2.28. The third-order valence-electron chi connectivity index (χ3n) is 2.98. The van der Waals surface area contributed by atoms with Gasteiger partial charge in [-0.15, -0.1) is 0 Å². The maximum atomic E-state index is 11.1. The lowest BCUT2D eigenvalue weighted by molar-refractivity contribution is -0.385. The van der Waals surface area contributed by atoms with Crippen LogP contribution in [0, 0.1) is 17.0 Å². The highest BCUT2D eigenvalue weighted by molar-refractivity contribution is 5.62. The monoisotopic (exact) mass is 253 g/mol. The van der Waals surface area contributed by atoms with Crippen LogP contribution in [-0.4, -0.2) is 27.5 Å². The topological polar surface area (TPSA) is 98.2 Å². The quantitative estimate of drug-likeness (QED) is 0.635. The van der Waals surface area contributed by atoms with Crippen molar-refractivity contribution in [1.82, 2.24) is 9.97 Å².